The Hall–Kier alpha value is -4.28. The van der Waals surface area contributed by atoms with Crippen molar-refractivity contribution >= 4 is 23.5 Å². The third-order valence-corrected chi connectivity index (χ3v) is 7.34. The topological polar surface area (TPSA) is 141 Å². The zero-order valence-corrected chi connectivity index (χ0v) is 26.1. The first-order chi connectivity index (χ1) is 20.5. The number of nitrogens with one attached hydrogen (secondary N) is 3. The molecule has 0 radical (unpaired) electrons. The number of aryl methyl sites for hydroxylation is 1. The Morgan fingerprint density at radius 3 is 2.33 bits per heavy atom. The molecule has 0 unspecified atom stereocenters. The summed E-state index contributed by atoms with van der Waals surface area (Å²) < 4.78 is 21.8. The Labute approximate surface area is 252 Å². The van der Waals surface area contributed by atoms with Crippen molar-refractivity contribution in [1.29, 1.82) is 0 Å². The summed E-state index contributed by atoms with van der Waals surface area (Å²) in [5.41, 5.74) is 3.19. The van der Waals surface area contributed by atoms with Gasteiger partial charge in [-0.3, -0.25) is 14.4 Å². The second-order valence-corrected chi connectivity index (χ2v) is 10.9. The molecule has 0 spiro atoms. The van der Waals surface area contributed by atoms with Crippen LogP contribution in [0.3, 0.4) is 0 Å². The first kappa shape index (κ1) is 33.2. The lowest BCUT2D eigenvalue weighted by atomic mass is 9.95. The number of carbonyl (C=O) groups is 3. The summed E-state index contributed by atoms with van der Waals surface area (Å²) in [4.78, 5) is 50.1. The molecule has 2 atom stereocenters. The third kappa shape index (κ3) is 8.18. The van der Waals surface area contributed by atoms with Gasteiger partial charge in [-0.05, 0) is 66.5 Å². The second kappa shape index (κ2) is 15.3. The lowest BCUT2D eigenvalue weighted by Gasteiger charge is -2.19. The molecule has 2 aromatic carbocycles. The fraction of sp³-hybridized carbons (Fsp3) is 0.500. The lowest BCUT2D eigenvalue weighted by molar-refractivity contribution is -0.145. The van der Waals surface area contributed by atoms with Crippen LogP contribution in [-0.4, -0.2) is 58.8 Å². The number of ether oxygens (including phenoxy) is 4. The molecule has 1 aliphatic rings. The Morgan fingerprint density at radius 1 is 1.00 bits per heavy atom. The molecule has 0 saturated carbocycles. The van der Waals surface area contributed by atoms with Gasteiger partial charge in [0, 0.05) is 25.5 Å². The van der Waals surface area contributed by atoms with E-state index in [1.54, 1.807) is 26.4 Å². The number of carbonyl (C=O) groups excluding carboxylic acids is 3. The SMILES string of the molecule is COC(=O)[C@@H](CC(C)C)NC(=O)CCCNc1ccc2c(cc1=O)[C@H](NC(C)=O)CCc1cc(OC)c(OC)c(OC)c1-2. The summed E-state index contributed by atoms with van der Waals surface area (Å²) in [6.45, 7) is 5.73. The molecule has 0 saturated heterocycles. The lowest BCUT2D eigenvalue weighted by Crippen LogP contribution is -2.42. The van der Waals surface area contributed by atoms with Gasteiger partial charge >= 0.3 is 5.97 Å². The van der Waals surface area contributed by atoms with Gasteiger partial charge in [0.05, 0.1) is 40.2 Å². The normalized spacial score (nSPS) is 14.4. The van der Waals surface area contributed by atoms with Gasteiger partial charge in [0.15, 0.2) is 11.5 Å². The van der Waals surface area contributed by atoms with Gasteiger partial charge in [0.2, 0.25) is 23.0 Å². The molecule has 3 N–H and O–H groups in total. The number of rotatable bonds is 13. The zero-order valence-electron chi connectivity index (χ0n) is 26.1. The summed E-state index contributed by atoms with van der Waals surface area (Å²) in [6.07, 6.45) is 2.24. The average Bonchev–Trinajstić information content (AvgIpc) is 3.21. The number of hydrogen-bond acceptors (Lipinski definition) is 9. The van der Waals surface area contributed by atoms with E-state index >= 15 is 0 Å². The van der Waals surface area contributed by atoms with E-state index in [0.717, 1.165) is 16.7 Å². The van der Waals surface area contributed by atoms with E-state index in [-0.39, 0.29) is 29.6 Å². The zero-order chi connectivity index (χ0) is 31.7. The largest absolute Gasteiger partial charge is 0.493 e. The molecule has 43 heavy (non-hydrogen) atoms. The van der Waals surface area contributed by atoms with Crippen LogP contribution in [0.25, 0.3) is 11.1 Å². The number of anilines is 1. The first-order valence-corrected chi connectivity index (χ1v) is 14.4. The van der Waals surface area contributed by atoms with E-state index in [2.05, 4.69) is 16.0 Å². The molecular formula is C32H43N3O8. The Balaban J connectivity index is 1.90. The van der Waals surface area contributed by atoms with Crippen LogP contribution in [0.1, 0.15) is 63.6 Å². The predicted molar refractivity (Wildman–Crippen MR) is 164 cm³/mol. The summed E-state index contributed by atoms with van der Waals surface area (Å²) in [7, 11) is 5.94. The highest BCUT2D eigenvalue weighted by Crippen LogP contribution is 2.50. The van der Waals surface area contributed by atoms with Crippen molar-refractivity contribution in [2.24, 2.45) is 5.92 Å². The molecule has 0 heterocycles. The number of benzene rings is 1. The maximum atomic E-state index is 13.4. The van der Waals surface area contributed by atoms with Crippen molar-refractivity contribution < 1.29 is 33.3 Å². The highest BCUT2D eigenvalue weighted by atomic mass is 16.5. The van der Waals surface area contributed by atoms with Crippen molar-refractivity contribution in [2.45, 2.75) is 65.0 Å². The highest BCUT2D eigenvalue weighted by Gasteiger charge is 2.29. The van der Waals surface area contributed by atoms with E-state index < -0.39 is 18.1 Å². The molecule has 0 fully saturated rings. The maximum absolute atomic E-state index is 13.4. The van der Waals surface area contributed by atoms with Gasteiger partial charge in [-0.25, -0.2) is 4.79 Å². The van der Waals surface area contributed by atoms with E-state index in [4.69, 9.17) is 18.9 Å². The van der Waals surface area contributed by atoms with Crippen molar-refractivity contribution in [2.75, 3.05) is 40.3 Å². The summed E-state index contributed by atoms with van der Waals surface area (Å²) in [6, 6.07) is 5.88. The number of fused-ring (bicyclic) bond motifs is 3. The summed E-state index contributed by atoms with van der Waals surface area (Å²) in [5, 5.41) is 8.89. The Bertz CT molecular complexity index is 1390. The summed E-state index contributed by atoms with van der Waals surface area (Å²) in [5.74, 6) is 0.690. The molecular weight excluding hydrogens is 554 g/mol. The van der Waals surface area contributed by atoms with Gasteiger partial charge in [0.1, 0.15) is 6.04 Å². The highest BCUT2D eigenvalue weighted by molar-refractivity contribution is 5.85. The fourth-order valence-corrected chi connectivity index (χ4v) is 5.42. The minimum absolute atomic E-state index is 0.166. The van der Waals surface area contributed by atoms with Crippen molar-refractivity contribution in [1.82, 2.24) is 10.6 Å². The standard InChI is InChI=1S/C32H43N3O8/c1-18(2)15-25(32(39)43-7)35-28(38)9-8-14-33-24-13-11-21-22(17-26(24)37)23(34-19(3)36)12-10-20-16-27(40-4)30(41-5)31(42-6)29(20)21/h11,13,16-18,23,25H,8-10,12,14-15H2,1-7H3,(H,33,37)(H,34,36)(H,35,38)/t23-,25-/m1/s1. The van der Waals surface area contributed by atoms with Crippen LogP contribution in [0.4, 0.5) is 5.69 Å². The minimum Gasteiger partial charge on any atom is -0.493 e. The van der Waals surface area contributed by atoms with Crippen LogP contribution < -0.4 is 35.6 Å². The molecule has 0 bridgehead atoms. The second-order valence-electron chi connectivity index (χ2n) is 10.9. The molecule has 2 aromatic rings. The number of esters is 1. The minimum atomic E-state index is -0.697. The van der Waals surface area contributed by atoms with E-state index in [1.807, 2.05) is 26.0 Å². The molecule has 0 aliphatic heterocycles. The number of amides is 2. The van der Waals surface area contributed by atoms with Crippen molar-refractivity contribution in [3.63, 3.8) is 0 Å². The first-order valence-electron chi connectivity index (χ1n) is 14.4. The predicted octanol–water partition coefficient (Wildman–Crippen LogP) is 3.76. The van der Waals surface area contributed by atoms with E-state index in [9.17, 15) is 19.2 Å². The van der Waals surface area contributed by atoms with E-state index in [1.165, 1.54) is 21.1 Å². The van der Waals surface area contributed by atoms with Crippen molar-refractivity contribution in [3.05, 3.63) is 45.6 Å². The Kier molecular flexibility index (Phi) is 11.8. The fourth-order valence-electron chi connectivity index (χ4n) is 5.42. The van der Waals surface area contributed by atoms with Gasteiger partial charge in [0.25, 0.3) is 0 Å². The van der Waals surface area contributed by atoms with Crippen LogP contribution in [0, 0.1) is 5.92 Å². The molecule has 0 aromatic heterocycles. The van der Waals surface area contributed by atoms with Crippen LogP contribution >= 0.6 is 0 Å². The number of hydrogen-bond donors (Lipinski definition) is 3. The third-order valence-electron chi connectivity index (χ3n) is 7.34. The van der Waals surface area contributed by atoms with Gasteiger partial charge in [-0.1, -0.05) is 19.9 Å². The molecule has 11 nitrogen and oxygen atoms in total. The van der Waals surface area contributed by atoms with Gasteiger partial charge < -0.3 is 34.9 Å². The quantitative estimate of drug-likeness (QED) is 0.232. The molecule has 3 rings (SSSR count). The van der Waals surface area contributed by atoms with Crippen LogP contribution in [0.15, 0.2) is 29.1 Å². The average molecular weight is 598 g/mol. The number of methoxy groups -OCH3 is 4. The van der Waals surface area contributed by atoms with Gasteiger partial charge in [-0.15, -0.1) is 0 Å². The maximum Gasteiger partial charge on any atom is 0.328 e. The van der Waals surface area contributed by atoms with Gasteiger partial charge in [-0.2, -0.15) is 0 Å². The molecule has 1 aliphatic carbocycles. The monoisotopic (exact) mass is 597 g/mol. The van der Waals surface area contributed by atoms with Crippen LogP contribution in [0.5, 0.6) is 17.2 Å². The summed E-state index contributed by atoms with van der Waals surface area (Å²) >= 11 is 0. The van der Waals surface area contributed by atoms with Crippen LogP contribution in [-0.2, 0) is 25.5 Å². The van der Waals surface area contributed by atoms with Crippen molar-refractivity contribution in [3.8, 4) is 28.4 Å². The Morgan fingerprint density at radius 2 is 1.72 bits per heavy atom. The molecule has 2 amide bonds. The molecule has 234 valence electrons. The van der Waals surface area contributed by atoms with Crippen LogP contribution in [0.2, 0.25) is 0 Å². The van der Waals surface area contributed by atoms with E-state index in [0.29, 0.717) is 60.7 Å². The molecule has 11 heteroatoms. The smallest absolute Gasteiger partial charge is 0.328 e.